The second-order valence-corrected chi connectivity index (χ2v) is 4.81. The zero-order chi connectivity index (χ0) is 12.0. The maximum absolute atomic E-state index is 3.99. The van der Waals surface area contributed by atoms with Gasteiger partial charge < -0.3 is 0 Å². The molecule has 0 saturated heterocycles. The lowest BCUT2D eigenvalue weighted by Crippen LogP contribution is -2.18. The summed E-state index contributed by atoms with van der Waals surface area (Å²) < 4.78 is 0. The van der Waals surface area contributed by atoms with E-state index in [1.165, 1.54) is 11.1 Å². The zero-order valence-corrected chi connectivity index (χ0v) is 10.7. The summed E-state index contributed by atoms with van der Waals surface area (Å²) in [7, 11) is 0. The van der Waals surface area contributed by atoms with Crippen molar-refractivity contribution in [1.82, 2.24) is 0 Å². The fourth-order valence-corrected chi connectivity index (χ4v) is 1.84. The van der Waals surface area contributed by atoms with E-state index in [1.54, 1.807) is 0 Å². The number of hydrogen-bond donors (Lipinski definition) is 0. The van der Waals surface area contributed by atoms with Crippen LogP contribution in [0, 0.1) is 0 Å². The van der Waals surface area contributed by atoms with Gasteiger partial charge in [0.05, 0.1) is 0 Å². The second kappa shape index (κ2) is 5.69. The van der Waals surface area contributed by atoms with Crippen LogP contribution in [0.25, 0.3) is 0 Å². The Hall–Kier alpha value is -1.30. The maximum atomic E-state index is 3.99. The predicted octanol–water partition coefficient (Wildman–Crippen LogP) is 4.88. The van der Waals surface area contributed by atoms with Gasteiger partial charge in [0.15, 0.2) is 0 Å². The molecule has 1 aromatic rings. The van der Waals surface area contributed by atoms with Gasteiger partial charge in [-0.2, -0.15) is 0 Å². The molecule has 0 amide bonds. The smallest absolute Gasteiger partial charge is 0.0104 e. The fourth-order valence-electron chi connectivity index (χ4n) is 1.84. The fraction of sp³-hybridized carbons (Fsp3) is 0.375. The normalized spacial score (nSPS) is 13.9. The van der Waals surface area contributed by atoms with Crippen molar-refractivity contribution in [2.24, 2.45) is 0 Å². The van der Waals surface area contributed by atoms with Crippen LogP contribution in [0.3, 0.4) is 0 Å². The first-order valence-electron chi connectivity index (χ1n) is 5.91. The molecule has 0 spiro atoms. The molecule has 0 heterocycles. The molecule has 0 nitrogen and oxygen atoms in total. The molecule has 0 heteroatoms. The van der Waals surface area contributed by atoms with E-state index in [2.05, 4.69) is 69.8 Å². The Morgan fingerprint density at radius 3 is 2.38 bits per heavy atom. The van der Waals surface area contributed by atoms with Gasteiger partial charge in [0.25, 0.3) is 0 Å². The highest BCUT2D eigenvalue weighted by molar-refractivity contribution is 5.29. The van der Waals surface area contributed by atoms with Crippen molar-refractivity contribution in [3.8, 4) is 0 Å². The van der Waals surface area contributed by atoms with E-state index in [9.17, 15) is 0 Å². The Labute approximate surface area is 99.7 Å². The zero-order valence-electron chi connectivity index (χ0n) is 10.7. The Kier molecular flexibility index (Phi) is 4.54. The minimum absolute atomic E-state index is 0.0905. The first-order valence-corrected chi connectivity index (χ1v) is 5.91. The molecule has 0 fully saturated rings. The van der Waals surface area contributed by atoms with Gasteiger partial charge in [0.2, 0.25) is 0 Å². The second-order valence-electron chi connectivity index (χ2n) is 4.81. The molecular formula is C16H22. The number of rotatable bonds is 5. The Bertz CT molecular complexity index is 355. The predicted molar refractivity (Wildman–Crippen MR) is 72.7 cm³/mol. The van der Waals surface area contributed by atoms with Gasteiger partial charge in [-0.25, -0.2) is 0 Å². The largest absolute Gasteiger partial charge is 0.102 e. The van der Waals surface area contributed by atoms with Gasteiger partial charge in [0, 0.05) is 5.41 Å². The number of allylic oxidation sites excluding steroid dienone is 3. The first-order chi connectivity index (χ1) is 7.58. The van der Waals surface area contributed by atoms with E-state index >= 15 is 0 Å². The maximum Gasteiger partial charge on any atom is 0.0104 e. The summed E-state index contributed by atoms with van der Waals surface area (Å²) in [5.41, 5.74) is 2.83. The van der Waals surface area contributed by atoms with Crippen LogP contribution < -0.4 is 0 Å². The van der Waals surface area contributed by atoms with Crippen molar-refractivity contribution in [1.29, 1.82) is 0 Å². The molecule has 1 unspecified atom stereocenters. The van der Waals surface area contributed by atoms with Crippen molar-refractivity contribution in [3.05, 3.63) is 60.2 Å². The van der Waals surface area contributed by atoms with Crippen LogP contribution >= 0.6 is 0 Å². The highest BCUT2D eigenvalue weighted by Gasteiger charge is 2.21. The highest BCUT2D eigenvalue weighted by Crippen LogP contribution is 2.30. The van der Waals surface area contributed by atoms with Gasteiger partial charge in [-0.05, 0) is 32.3 Å². The Balaban J connectivity index is 2.78. The van der Waals surface area contributed by atoms with Gasteiger partial charge in [0.1, 0.15) is 0 Å². The molecule has 1 rings (SSSR count). The molecule has 0 bridgehead atoms. The number of benzene rings is 1. The standard InChI is InChI=1S/C16H22/c1-5-16(4,13-9-10-14(2)3)15-11-7-6-8-12-15/h5-8,10-12H,1,9,13H2,2-4H3. The summed E-state index contributed by atoms with van der Waals surface area (Å²) >= 11 is 0. The van der Waals surface area contributed by atoms with Crippen LogP contribution in [0.5, 0.6) is 0 Å². The highest BCUT2D eigenvalue weighted by atomic mass is 14.2. The molecule has 0 aromatic heterocycles. The molecule has 1 aromatic carbocycles. The van der Waals surface area contributed by atoms with Crippen molar-refractivity contribution in [2.45, 2.75) is 39.0 Å². The summed E-state index contributed by atoms with van der Waals surface area (Å²) in [4.78, 5) is 0. The van der Waals surface area contributed by atoms with Crippen LogP contribution in [0.2, 0.25) is 0 Å². The lowest BCUT2D eigenvalue weighted by atomic mass is 9.78. The summed E-state index contributed by atoms with van der Waals surface area (Å²) in [6, 6.07) is 10.6. The van der Waals surface area contributed by atoms with Crippen molar-refractivity contribution in [2.75, 3.05) is 0 Å². The summed E-state index contributed by atoms with van der Waals surface area (Å²) in [5.74, 6) is 0. The van der Waals surface area contributed by atoms with Crippen LogP contribution in [0.4, 0.5) is 0 Å². The van der Waals surface area contributed by atoms with Crippen LogP contribution in [0.1, 0.15) is 39.2 Å². The minimum Gasteiger partial charge on any atom is -0.102 e. The lowest BCUT2D eigenvalue weighted by Gasteiger charge is -2.26. The molecule has 0 radical (unpaired) electrons. The van der Waals surface area contributed by atoms with Gasteiger partial charge in [-0.15, -0.1) is 6.58 Å². The van der Waals surface area contributed by atoms with E-state index in [-0.39, 0.29) is 5.41 Å². The average molecular weight is 214 g/mol. The summed E-state index contributed by atoms with van der Waals surface area (Å²) in [5, 5.41) is 0. The minimum atomic E-state index is 0.0905. The molecule has 0 aliphatic carbocycles. The van der Waals surface area contributed by atoms with Crippen LogP contribution in [-0.4, -0.2) is 0 Å². The molecule has 0 N–H and O–H groups in total. The van der Waals surface area contributed by atoms with Crippen molar-refractivity contribution >= 4 is 0 Å². The van der Waals surface area contributed by atoms with Gasteiger partial charge in [-0.1, -0.05) is 55.0 Å². The van der Waals surface area contributed by atoms with E-state index in [0.717, 1.165) is 12.8 Å². The molecule has 1 atom stereocenters. The molecule has 86 valence electrons. The Morgan fingerprint density at radius 2 is 1.88 bits per heavy atom. The molecule has 0 saturated carbocycles. The summed E-state index contributed by atoms with van der Waals surface area (Å²) in [6.07, 6.45) is 6.59. The van der Waals surface area contributed by atoms with Crippen molar-refractivity contribution < 1.29 is 0 Å². The third-order valence-electron chi connectivity index (χ3n) is 3.10. The molecule has 16 heavy (non-hydrogen) atoms. The monoisotopic (exact) mass is 214 g/mol. The quantitative estimate of drug-likeness (QED) is 0.613. The van der Waals surface area contributed by atoms with E-state index in [0.29, 0.717) is 0 Å². The van der Waals surface area contributed by atoms with Crippen LogP contribution in [-0.2, 0) is 5.41 Å². The van der Waals surface area contributed by atoms with Crippen LogP contribution in [0.15, 0.2) is 54.6 Å². The number of hydrogen-bond acceptors (Lipinski definition) is 0. The topological polar surface area (TPSA) is 0 Å². The van der Waals surface area contributed by atoms with E-state index in [4.69, 9.17) is 0 Å². The first kappa shape index (κ1) is 12.8. The third kappa shape index (κ3) is 3.37. The Morgan fingerprint density at radius 1 is 1.25 bits per heavy atom. The average Bonchev–Trinajstić information content (AvgIpc) is 2.29. The van der Waals surface area contributed by atoms with E-state index in [1.807, 2.05) is 0 Å². The lowest BCUT2D eigenvalue weighted by molar-refractivity contribution is 0.546. The molecule has 0 aliphatic rings. The SMILES string of the molecule is C=CC(C)(CCC=C(C)C)c1ccccc1. The van der Waals surface area contributed by atoms with Gasteiger partial charge >= 0.3 is 0 Å². The third-order valence-corrected chi connectivity index (χ3v) is 3.10. The summed E-state index contributed by atoms with van der Waals surface area (Å²) in [6.45, 7) is 10.5. The molecule has 0 aliphatic heterocycles. The van der Waals surface area contributed by atoms with Crippen molar-refractivity contribution in [3.63, 3.8) is 0 Å². The molecular weight excluding hydrogens is 192 g/mol. The van der Waals surface area contributed by atoms with E-state index < -0.39 is 0 Å². The van der Waals surface area contributed by atoms with Gasteiger partial charge in [-0.3, -0.25) is 0 Å².